The second kappa shape index (κ2) is 7.00. The van der Waals surface area contributed by atoms with E-state index in [0.29, 0.717) is 19.5 Å². The third-order valence-electron chi connectivity index (χ3n) is 4.05. The van der Waals surface area contributed by atoms with Gasteiger partial charge in [-0.15, -0.1) is 0 Å². The predicted octanol–water partition coefficient (Wildman–Crippen LogP) is 1.83. The highest BCUT2D eigenvalue weighted by Crippen LogP contribution is 2.30. The molecule has 1 aliphatic rings. The van der Waals surface area contributed by atoms with Gasteiger partial charge in [-0.2, -0.15) is 0 Å². The first kappa shape index (κ1) is 15.9. The van der Waals surface area contributed by atoms with Crippen LogP contribution in [0.5, 0.6) is 0 Å². The van der Waals surface area contributed by atoms with Crippen LogP contribution >= 0.6 is 0 Å². The highest BCUT2D eigenvalue weighted by atomic mass is 19.1. The third kappa shape index (κ3) is 4.25. The van der Waals surface area contributed by atoms with Gasteiger partial charge in [-0.3, -0.25) is 4.79 Å². The SMILES string of the molecule is CC(N)CC(=O)N1CCC(C(O)c2ccc(F)cc2)CC1. The molecule has 2 atom stereocenters. The lowest BCUT2D eigenvalue weighted by Gasteiger charge is -2.34. The number of rotatable bonds is 4. The van der Waals surface area contributed by atoms with Crippen molar-refractivity contribution in [2.75, 3.05) is 13.1 Å². The molecule has 0 aliphatic carbocycles. The summed E-state index contributed by atoms with van der Waals surface area (Å²) in [5.74, 6) is -0.114. The predicted molar refractivity (Wildman–Crippen MR) is 78.9 cm³/mol. The molecular weight excluding hydrogens is 271 g/mol. The second-order valence-corrected chi connectivity index (χ2v) is 5.90. The van der Waals surface area contributed by atoms with Crippen LogP contribution in [0.2, 0.25) is 0 Å². The molecule has 0 saturated carbocycles. The highest BCUT2D eigenvalue weighted by Gasteiger charge is 2.28. The molecule has 2 rings (SSSR count). The molecule has 1 aromatic rings. The quantitative estimate of drug-likeness (QED) is 0.890. The summed E-state index contributed by atoms with van der Waals surface area (Å²) in [6.07, 6.45) is 1.27. The maximum atomic E-state index is 12.9. The van der Waals surface area contributed by atoms with Crippen LogP contribution < -0.4 is 5.73 Å². The largest absolute Gasteiger partial charge is 0.388 e. The van der Waals surface area contributed by atoms with Crippen molar-refractivity contribution < 1.29 is 14.3 Å². The minimum absolute atomic E-state index is 0.0831. The average molecular weight is 294 g/mol. The van der Waals surface area contributed by atoms with Crippen molar-refractivity contribution in [1.29, 1.82) is 0 Å². The number of hydrogen-bond donors (Lipinski definition) is 2. The van der Waals surface area contributed by atoms with E-state index >= 15 is 0 Å². The Morgan fingerprint density at radius 3 is 2.48 bits per heavy atom. The number of carbonyl (C=O) groups is 1. The van der Waals surface area contributed by atoms with Crippen molar-refractivity contribution in [1.82, 2.24) is 4.90 Å². The molecule has 0 spiro atoms. The number of benzene rings is 1. The van der Waals surface area contributed by atoms with Gasteiger partial charge in [-0.05, 0) is 43.4 Å². The molecule has 1 aromatic carbocycles. The Morgan fingerprint density at radius 2 is 1.95 bits per heavy atom. The number of carbonyl (C=O) groups excluding carboxylic acids is 1. The Balaban J connectivity index is 1.88. The van der Waals surface area contributed by atoms with Crippen LogP contribution in [0.15, 0.2) is 24.3 Å². The molecule has 116 valence electrons. The van der Waals surface area contributed by atoms with Gasteiger partial charge in [0.05, 0.1) is 6.10 Å². The number of likely N-dealkylation sites (tertiary alicyclic amines) is 1. The summed E-state index contributed by atoms with van der Waals surface area (Å²) in [6.45, 7) is 3.12. The molecule has 1 fully saturated rings. The lowest BCUT2D eigenvalue weighted by Crippen LogP contribution is -2.41. The standard InChI is InChI=1S/C16H23FN2O2/c1-11(18)10-15(20)19-8-6-13(7-9-19)16(21)12-2-4-14(17)5-3-12/h2-5,11,13,16,21H,6-10,18H2,1H3. The van der Waals surface area contributed by atoms with E-state index in [1.54, 1.807) is 12.1 Å². The van der Waals surface area contributed by atoms with E-state index in [4.69, 9.17) is 5.73 Å². The topological polar surface area (TPSA) is 66.6 Å². The monoisotopic (exact) mass is 294 g/mol. The first-order chi connectivity index (χ1) is 9.97. The van der Waals surface area contributed by atoms with E-state index in [2.05, 4.69) is 0 Å². The normalized spacial score (nSPS) is 19.3. The zero-order valence-corrected chi connectivity index (χ0v) is 12.3. The average Bonchev–Trinajstić information content (AvgIpc) is 2.47. The smallest absolute Gasteiger partial charge is 0.224 e. The van der Waals surface area contributed by atoms with E-state index in [0.717, 1.165) is 18.4 Å². The minimum Gasteiger partial charge on any atom is -0.388 e. The summed E-state index contributed by atoms with van der Waals surface area (Å²) < 4.78 is 12.9. The second-order valence-electron chi connectivity index (χ2n) is 5.90. The molecule has 0 radical (unpaired) electrons. The number of nitrogens with two attached hydrogens (primary N) is 1. The Hall–Kier alpha value is -1.46. The van der Waals surface area contributed by atoms with Crippen LogP contribution in [0.25, 0.3) is 0 Å². The fourth-order valence-electron chi connectivity index (χ4n) is 2.80. The number of aliphatic hydroxyl groups is 1. The molecular formula is C16H23FN2O2. The van der Waals surface area contributed by atoms with Crippen molar-refractivity contribution in [3.8, 4) is 0 Å². The lowest BCUT2D eigenvalue weighted by atomic mass is 9.87. The van der Waals surface area contributed by atoms with E-state index in [-0.39, 0.29) is 23.7 Å². The summed E-state index contributed by atoms with van der Waals surface area (Å²) in [7, 11) is 0. The summed E-state index contributed by atoms with van der Waals surface area (Å²) in [5, 5.41) is 10.4. The molecule has 0 aromatic heterocycles. The van der Waals surface area contributed by atoms with Crippen molar-refractivity contribution in [3.63, 3.8) is 0 Å². The summed E-state index contributed by atoms with van der Waals surface area (Å²) in [4.78, 5) is 13.8. The van der Waals surface area contributed by atoms with Crippen LogP contribution in [-0.4, -0.2) is 35.0 Å². The van der Waals surface area contributed by atoms with Gasteiger partial charge in [0, 0.05) is 25.6 Å². The third-order valence-corrected chi connectivity index (χ3v) is 4.05. The number of nitrogens with zero attached hydrogens (tertiary/aromatic N) is 1. The van der Waals surface area contributed by atoms with Crippen LogP contribution in [0.1, 0.15) is 37.9 Å². The van der Waals surface area contributed by atoms with Gasteiger partial charge in [0.15, 0.2) is 0 Å². The molecule has 2 unspecified atom stereocenters. The maximum Gasteiger partial charge on any atom is 0.224 e. The van der Waals surface area contributed by atoms with Crippen LogP contribution in [0.3, 0.4) is 0 Å². The van der Waals surface area contributed by atoms with E-state index in [1.807, 2.05) is 11.8 Å². The lowest BCUT2D eigenvalue weighted by molar-refractivity contribution is -0.133. The molecule has 1 aliphatic heterocycles. The van der Waals surface area contributed by atoms with E-state index in [9.17, 15) is 14.3 Å². The van der Waals surface area contributed by atoms with Gasteiger partial charge < -0.3 is 15.7 Å². The Bertz CT molecular complexity index is 468. The maximum absolute atomic E-state index is 12.9. The Labute approximate surface area is 124 Å². The molecule has 4 nitrogen and oxygen atoms in total. The fraction of sp³-hybridized carbons (Fsp3) is 0.562. The zero-order valence-electron chi connectivity index (χ0n) is 12.3. The summed E-state index contributed by atoms with van der Waals surface area (Å²) in [6, 6.07) is 5.83. The highest BCUT2D eigenvalue weighted by molar-refractivity contribution is 5.76. The molecule has 5 heteroatoms. The molecule has 0 bridgehead atoms. The summed E-state index contributed by atoms with van der Waals surface area (Å²) >= 11 is 0. The van der Waals surface area contributed by atoms with Gasteiger partial charge in [0.1, 0.15) is 5.82 Å². The van der Waals surface area contributed by atoms with Gasteiger partial charge in [0.25, 0.3) is 0 Å². The number of amides is 1. The number of hydrogen-bond acceptors (Lipinski definition) is 3. The first-order valence-corrected chi connectivity index (χ1v) is 7.44. The van der Waals surface area contributed by atoms with Crippen molar-refractivity contribution >= 4 is 5.91 Å². The molecule has 1 saturated heterocycles. The molecule has 1 heterocycles. The Morgan fingerprint density at radius 1 is 1.38 bits per heavy atom. The van der Waals surface area contributed by atoms with Crippen molar-refractivity contribution in [3.05, 3.63) is 35.6 Å². The van der Waals surface area contributed by atoms with Crippen molar-refractivity contribution in [2.24, 2.45) is 11.7 Å². The van der Waals surface area contributed by atoms with Gasteiger partial charge in [-0.25, -0.2) is 4.39 Å². The van der Waals surface area contributed by atoms with Crippen LogP contribution in [0, 0.1) is 11.7 Å². The first-order valence-electron chi connectivity index (χ1n) is 7.44. The zero-order chi connectivity index (χ0) is 15.4. The molecule has 1 amide bonds. The van der Waals surface area contributed by atoms with Gasteiger partial charge in [0.2, 0.25) is 5.91 Å². The van der Waals surface area contributed by atoms with Crippen LogP contribution in [0.4, 0.5) is 4.39 Å². The minimum atomic E-state index is -0.601. The van der Waals surface area contributed by atoms with E-state index in [1.165, 1.54) is 12.1 Å². The fourth-order valence-corrected chi connectivity index (χ4v) is 2.80. The van der Waals surface area contributed by atoms with Gasteiger partial charge >= 0.3 is 0 Å². The molecule has 3 N–H and O–H groups in total. The summed E-state index contributed by atoms with van der Waals surface area (Å²) in [5.41, 5.74) is 6.38. The Kier molecular flexibility index (Phi) is 5.31. The number of aliphatic hydroxyl groups excluding tert-OH is 1. The van der Waals surface area contributed by atoms with Crippen molar-refractivity contribution in [2.45, 2.75) is 38.3 Å². The molecule has 21 heavy (non-hydrogen) atoms. The number of piperidine rings is 1. The van der Waals surface area contributed by atoms with E-state index < -0.39 is 6.10 Å². The van der Waals surface area contributed by atoms with Gasteiger partial charge in [-0.1, -0.05) is 12.1 Å². The van der Waals surface area contributed by atoms with Crippen LogP contribution in [-0.2, 0) is 4.79 Å². The number of halogens is 1.